The molecule has 2 aliphatic rings. The Morgan fingerprint density at radius 2 is 1.19 bits per heavy atom. The minimum atomic E-state index is -0.768. The van der Waals surface area contributed by atoms with Gasteiger partial charge in [-0.15, -0.1) is 0 Å². The van der Waals surface area contributed by atoms with Gasteiger partial charge in [-0.05, 0) is 42.0 Å². The summed E-state index contributed by atoms with van der Waals surface area (Å²) in [6, 6.07) is 14.9. The molecule has 9 nitrogen and oxygen atoms in total. The van der Waals surface area contributed by atoms with E-state index in [0.717, 1.165) is 5.56 Å². The van der Waals surface area contributed by atoms with Crippen LogP contribution in [0.3, 0.4) is 0 Å². The highest BCUT2D eigenvalue weighted by molar-refractivity contribution is 5.57. The second-order valence-electron chi connectivity index (χ2n) is 8.50. The summed E-state index contributed by atoms with van der Waals surface area (Å²) in [6.45, 7) is -0.712. The topological polar surface area (TPSA) is 138 Å². The smallest absolute Gasteiger partial charge is 0.163 e. The van der Waals surface area contributed by atoms with Crippen LogP contribution in [0.1, 0.15) is 28.9 Å². The Bertz CT molecular complexity index is 1270. The molecule has 4 atom stereocenters. The molecule has 9 heteroatoms. The number of aromatic hydroxyl groups is 2. The first-order valence-corrected chi connectivity index (χ1v) is 11.5. The lowest BCUT2D eigenvalue weighted by molar-refractivity contribution is -0.0174. The molecule has 188 valence electrons. The molecule has 36 heavy (non-hydrogen) atoms. The number of phenolic OH excluding ortho intramolecular Hbond substituents is 2. The normalized spacial score (nSPS) is 22.5. The van der Waals surface area contributed by atoms with Crippen molar-refractivity contribution in [3.8, 4) is 34.5 Å². The Balaban J connectivity index is 1.43. The van der Waals surface area contributed by atoms with Gasteiger partial charge in [-0.2, -0.15) is 0 Å². The van der Waals surface area contributed by atoms with Crippen LogP contribution in [0, 0.1) is 0 Å². The van der Waals surface area contributed by atoms with Crippen molar-refractivity contribution in [2.45, 2.75) is 24.4 Å². The van der Waals surface area contributed by atoms with Crippen LogP contribution in [0.25, 0.3) is 6.08 Å². The lowest BCUT2D eigenvalue weighted by atomic mass is 10.00. The number of ether oxygens (including phenoxy) is 4. The Labute approximate surface area is 207 Å². The lowest BCUT2D eigenvalue weighted by Gasteiger charge is -2.36. The number of aliphatic hydroxyl groups is 3. The number of rotatable bonds is 6. The van der Waals surface area contributed by atoms with Gasteiger partial charge in [0.05, 0.1) is 19.8 Å². The van der Waals surface area contributed by atoms with Crippen molar-refractivity contribution in [3.05, 3.63) is 77.4 Å². The van der Waals surface area contributed by atoms with Gasteiger partial charge in [0.1, 0.15) is 0 Å². The van der Waals surface area contributed by atoms with E-state index in [1.54, 1.807) is 48.6 Å². The highest BCUT2D eigenvalue weighted by atomic mass is 16.6. The number of aliphatic hydroxyl groups excluding tert-OH is 3. The van der Waals surface area contributed by atoms with Crippen molar-refractivity contribution in [1.82, 2.24) is 0 Å². The van der Waals surface area contributed by atoms with Crippen molar-refractivity contribution >= 4 is 6.08 Å². The van der Waals surface area contributed by atoms with Crippen LogP contribution in [0.5, 0.6) is 34.5 Å². The SMILES string of the molecule is OC/C=C/c1ccc2c(c1)O[C@H](c1ccc3c(c1)O[C@@H](CO)[C@H](c1ccc(O)c(O)c1)O3)[C@@H](CO)O2. The van der Waals surface area contributed by atoms with Gasteiger partial charge in [0, 0.05) is 11.1 Å². The average Bonchev–Trinajstić information content (AvgIpc) is 2.91. The van der Waals surface area contributed by atoms with E-state index in [1.165, 1.54) is 12.1 Å². The van der Waals surface area contributed by atoms with Gasteiger partial charge in [0.15, 0.2) is 58.9 Å². The van der Waals surface area contributed by atoms with E-state index in [-0.39, 0.29) is 31.3 Å². The van der Waals surface area contributed by atoms with Crippen molar-refractivity contribution in [2.24, 2.45) is 0 Å². The lowest BCUT2D eigenvalue weighted by Crippen LogP contribution is -2.37. The van der Waals surface area contributed by atoms with Crippen LogP contribution >= 0.6 is 0 Å². The maximum absolute atomic E-state index is 9.97. The van der Waals surface area contributed by atoms with Crippen LogP contribution in [-0.2, 0) is 0 Å². The van der Waals surface area contributed by atoms with Crippen LogP contribution < -0.4 is 18.9 Å². The zero-order valence-corrected chi connectivity index (χ0v) is 19.2. The van der Waals surface area contributed by atoms with Crippen LogP contribution in [0.15, 0.2) is 60.7 Å². The van der Waals surface area contributed by atoms with Crippen LogP contribution in [0.4, 0.5) is 0 Å². The minimum absolute atomic E-state index is 0.0789. The molecule has 0 saturated carbocycles. The van der Waals surface area contributed by atoms with Gasteiger partial charge < -0.3 is 44.5 Å². The summed E-state index contributed by atoms with van der Waals surface area (Å²) in [7, 11) is 0. The predicted octanol–water partition coefficient (Wildman–Crippen LogP) is 2.85. The fraction of sp³-hybridized carbons (Fsp3) is 0.259. The molecule has 5 N–H and O–H groups in total. The van der Waals surface area contributed by atoms with E-state index in [4.69, 9.17) is 24.1 Å². The molecular weight excluding hydrogens is 468 g/mol. The van der Waals surface area contributed by atoms with Crippen LogP contribution in [-0.4, -0.2) is 57.6 Å². The first-order chi connectivity index (χ1) is 17.5. The number of hydrogen-bond acceptors (Lipinski definition) is 9. The van der Waals surface area contributed by atoms with Gasteiger partial charge in [0.2, 0.25) is 0 Å². The Hall–Kier alpha value is -3.92. The molecule has 3 aromatic carbocycles. The van der Waals surface area contributed by atoms with E-state index in [2.05, 4.69) is 0 Å². The molecule has 0 fully saturated rings. The van der Waals surface area contributed by atoms with Gasteiger partial charge in [-0.3, -0.25) is 0 Å². The molecule has 2 heterocycles. The van der Waals surface area contributed by atoms with E-state index in [0.29, 0.717) is 34.1 Å². The molecule has 0 saturated heterocycles. The summed E-state index contributed by atoms with van der Waals surface area (Å²) in [5.74, 6) is 1.26. The second-order valence-corrected chi connectivity index (χ2v) is 8.50. The third kappa shape index (κ3) is 4.51. The van der Waals surface area contributed by atoms with Crippen molar-refractivity contribution in [1.29, 1.82) is 0 Å². The summed E-state index contributed by atoms with van der Waals surface area (Å²) in [5.41, 5.74) is 2.04. The molecule has 0 unspecified atom stereocenters. The zero-order valence-electron chi connectivity index (χ0n) is 19.2. The fourth-order valence-corrected chi connectivity index (χ4v) is 4.32. The average molecular weight is 494 g/mol. The molecule has 0 aliphatic carbocycles. The fourth-order valence-electron chi connectivity index (χ4n) is 4.32. The van der Waals surface area contributed by atoms with Crippen molar-refractivity contribution in [2.75, 3.05) is 19.8 Å². The highest BCUT2D eigenvalue weighted by Crippen LogP contribution is 2.45. The summed E-state index contributed by atoms with van der Waals surface area (Å²) in [5, 5.41) is 48.4. The molecular formula is C27H26O9. The minimum Gasteiger partial charge on any atom is -0.504 e. The third-order valence-corrected chi connectivity index (χ3v) is 6.11. The highest BCUT2D eigenvalue weighted by Gasteiger charge is 2.36. The zero-order chi connectivity index (χ0) is 25.2. The van der Waals surface area contributed by atoms with E-state index < -0.39 is 24.4 Å². The van der Waals surface area contributed by atoms with Gasteiger partial charge in [-0.1, -0.05) is 30.4 Å². The Morgan fingerprint density at radius 1 is 0.611 bits per heavy atom. The third-order valence-electron chi connectivity index (χ3n) is 6.11. The van der Waals surface area contributed by atoms with E-state index in [9.17, 15) is 20.4 Å². The van der Waals surface area contributed by atoms with Crippen molar-refractivity contribution in [3.63, 3.8) is 0 Å². The molecule has 0 bridgehead atoms. The number of hydrogen-bond donors (Lipinski definition) is 5. The van der Waals surface area contributed by atoms with Gasteiger partial charge in [0.25, 0.3) is 0 Å². The molecule has 0 radical (unpaired) electrons. The molecule has 2 aliphatic heterocycles. The maximum Gasteiger partial charge on any atom is 0.163 e. The molecule has 0 aromatic heterocycles. The van der Waals surface area contributed by atoms with Gasteiger partial charge in [-0.25, -0.2) is 0 Å². The van der Waals surface area contributed by atoms with Crippen molar-refractivity contribution < 1.29 is 44.5 Å². The van der Waals surface area contributed by atoms with E-state index in [1.807, 2.05) is 6.07 Å². The predicted molar refractivity (Wildman–Crippen MR) is 129 cm³/mol. The molecule has 5 rings (SSSR count). The summed E-state index contributed by atoms with van der Waals surface area (Å²) < 4.78 is 24.3. The second kappa shape index (κ2) is 9.98. The first-order valence-electron chi connectivity index (χ1n) is 11.5. The number of phenols is 2. The summed E-state index contributed by atoms with van der Waals surface area (Å²) in [4.78, 5) is 0. The molecule has 0 amide bonds. The Morgan fingerprint density at radius 3 is 1.89 bits per heavy atom. The number of fused-ring (bicyclic) bond motifs is 2. The molecule has 0 spiro atoms. The first kappa shape index (κ1) is 23.8. The molecule has 3 aromatic rings. The summed E-state index contributed by atoms with van der Waals surface area (Å²) in [6.07, 6.45) is 0.588. The van der Waals surface area contributed by atoms with Crippen LogP contribution in [0.2, 0.25) is 0 Å². The largest absolute Gasteiger partial charge is 0.504 e. The van der Waals surface area contributed by atoms with Gasteiger partial charge >= 0.3 is 0 Å². The maximum atomic E-state index is 9.97. The quantitative estimate of drug-likeness (QED) is 0.328. The Kier molecular flexibility index (Phi) is 6.60. The van der Waals surface area contributed by atoms with E-state index >= 15 is 0 Å². The number of benzene rings is 3. The summed E-state index contributed by atoms with van der Waals surface area (Å²) >= 11 is 0. The monoisotopic (exact) mass is 494 g/mol. The standard InChI is InChI=1S/C27H26O9/c28-9-1-2-15-3-7-20-22(10-15)36-27(24(13-29)33-20)17-5-8-21-23(12-17)34-25(14-30)26(35-21)16-4-6-18(31)19(32)11-16/h1-8,10-12,24-32H,9,13-14H2/b2-1+/t24-,25+,26+,27-/m1/s1.